The van der Waals surface area contributed by atoms with Gasteiger partial charge in [-0.3, -0.25) is 4.79 Å². The zero-order valence-corrected chi connectivity index (χ0v) is 14.2. The number of rotatable bonds is 7. The maximum Gasteiger partial charge on any atom is 0.309 e. The van der Waals surface area contributed by atoms with E-state index < -0.39 is 0 Å². The largest absolute Gasteiger partial charge is 0.469 e. The Bertz CT molecular complexity index is 457. The molecule has 0 amide bonds. The van der Waals surface area contributed by atoms with Crippen molar-refractivity contribution in [1.82, 2.24) is 4.90 Å². The van der Waals surface area contributed by atoms with Crippen molar-refractivity contribution in [2.24, 2.45) is 5.92 Å². The molecule has 0 aliphatic heterocycles. The molecular weight excluding hydrogens is 317 g/mol. The van der Waals surface area contributed by atoms with Gasteiger partial charge in [0, 0.05) is 28.8 Å². The summed E-state index contributed by atoms with van der Waals surface area (Å²) in [6, 6.07) is 5.44. The summed E-state index contributed by atoms with van der Waals surface area (Å²) in [4.78, 5) is 14.4. The third-order valence-electron chi connectivity index (χ3n) is 2.81. The summed E-state index contributed by atoms with van der Waals surface area (Å²) < 4.78 is 4.71. The van der Waals surface area contributed by atoms with Crippen LogP contribution in [0.15, 0.2) is 23.1 Å². The SMILES string of the molecule is COC(=O)C(C)CN(C)CCSc1cc(Cl)ccc1Cl. The molecule has 0 bridgehead atoms. The normalized spacial score (nSPS) is 12.5. The Hall–Kier alpha value is -0.420. The van der Waals surface area contributed by atoms with Crippen molar-refractivity contribution in [2.45, 2.75) is 11.8 Å². The highest BCUT2D eigenvalue weighted by Crippen LogP contribution is 2.29. The minimum absolute atomic E-state index is 0.121. The third kappa shape index (κ3) is 5.92. The Morgan fingerprint density at radius 1 is 1.45 bits per heavy atom. The summed E-state index contributed by atoms with van der Waals surface area (Å²) >= 11 is 13.7. The van der Waals surface area contributed by atoms with Gasteiger partial charge in [0.1, 0.15) is 0 Å². The van der Waals surface area contributed by atoms with E-state index in [-0.39, 0.29) is 11.9 Å². The van der Waals surface area contributed by atoms with Crippen LogP contribution >= 0.6 is 35.0 Å². The maximum absolute atomic E-state index is 11.3. The van der Waals surface area contributed by atoms with Crippen LogP contribution in [0.2, 0.25) is 10.0 Å². The van der Waals surface area contributed by atoms with Crippen molar-refractivity contribution in [1.29, 1.82) is 0 Å². The molecule has 0 saturated heterocycles. The summed E-state index contributed by atoms with van der Waals surface area (Å²) in [6.45, 7) is 3.40. The summed E-state index contributed by atoms with van der Waals surface area (Å²) in [5, 5.41) is 1.40. The van der Waals surface area contributed by atoms with E-state index in [4.69, 9.17) is 27.9 Å². The van der Waals surface area contributed by atoms with Gasteiger partial charge in [0.2, 0.25) is 0 Å². The lowest BCUT2D eigenvalue weighted by Gasteiger charge is -2.19. The maximum atomic E-state index is 11.3. The Morgan fingerprint density at radius 3 is 2.80 bits per heavy atom. The summed E-state index contributed by atoms with van der Waals surface area (Å²) in [5.41, 5.74) is 0. The van der Waals surface area contributed by atoms with Gasteiger partial charge in [-0.05, 0) is 25.2 Å². The second-order valence-electron chi connectivity index (χ2n) is 4.61. The molecule has 6 heteroatoms. The zero-order chi connectivity index (χ0) is 15.1. The fourth-order valence-electron chi connectivity index (χ4n) is 1.73. The first-order valence-corrected chi connectivity index (χ1v) is 8.02. The predicted molar refractivity (Wildman–Crippen MR) is 85.9 cm³/mol. The quantitative estimate of drug-likeness (QED) is 0.559. The Morgan fingerprint density at radius 2 is 2.15 bits per heavy atom. The Kier molecular flexibility index (Phi) is 7.74. The molecule has 1 aromatic carbocycles. The van der Waals surface area contributed by atoms with Crippen molar-refractivity contribution in [3.63, 3.8) is 0 Å². The molecule has 1 aromatic rings. The first kappa shape index (κ1) is 17.6. The minimum Gasteiger partial charge on any atom is -0.469 e. The van der Waals surface area contributed by atoms with Crippen molar-refractivity contribution in [3.8, 4) is 0 Å². The molecule has 112 valence electrons. The summed E-state index contributed by atoms with van der Waals surface area (Å²) in [7, 11) is 3.40. The molecule has 20 heavy (non-hydrogen) atoms. The van der Waals surface area contributed by atoms with E-state index in [2.05, 4.69) is 4.90 Å². The van der Waals surface area contributed by atoms with Crippen LogP contribution in [0.4, 0.5) is 0 Å². The van der Waals surface area contributed by atoms with Gasteiger partial charge in [0.05, 0.1) is 18.1 Å². The molecule has 1 rings (SSSR count). The lowest BCUT2D eigenvalue weighted by Crippen LogP contribution is -2.30. The lowest BCUT2D eigenvalue weighted by atomic mass is 10.2. The third-order valence-corrected chi connectivity index (χ3v) is 4.53. The van der Waals surface area contributed by atoms with Gasteiger partial charge < -0.3 is 9.64 Å². The van der Waals surface area contributed by atoms with Crippen LogP contribution < -0.4 is 0 Å². The highest BCUT2D eigenvalue weighted by atomic mass is 35.5. The highest BCUT2D eigenvalue weighted by molar-refractivity contribution is 7.99. The summed E-state index contributed by atoms with van der Waals surface area (Å²) in [6.07, 6.45) is 0. The number of esters is 1. The van der Waals surface area contributed by atoms with Crippen molar-refractivity contribution in [2.75, 3.05) is 33.0 Å². The number of methoxy groups -OCH3 is 1. The topological polar surface area (TPSA) is 29.5 Å². The van der Waals surface area contributed by atoms with E-state index in [9.17, 15) is 4.79 Å². The minimum atomic E-state index is -0.178. The van der Waals surface area contributed by atoms with Crippen molar-refractivity contribution < 1.29 is 9.53 Å². The van der Waals surface area contributed by atoms with Crippen molar-refractivity contribution in [3.05, 3.63) is 28.2 Å². The molecule has 3 nitrogen and oxygen atoms in total. The molecule has 1 atom stereocenters. The van der Waals surface area contributed by atoms with Gasteiger partial charge in [-0.1, -0.05) is 30.1 Å². The number of hydrogen-bond donors (Lipinski definition) is 0. The van der Waals surface area contributed by atoms with E-state index in [1.54, 1.807) is 23.9 Å². The molecule has 0 heterocycles. The number of nitrogens with zero attached hydrogens (tertiary/aromatic N) is 1. The Labute approximate surface area is 134 Å². The zero-order valence-electron chi connectivity index (χ0n) is 11.9. The first-order chi connectivity index (χ1) is 9.43. The average molecular weight is 336 g/mol. The van der Waals surface area contributed by atoms with Crippen LogP contribution in [-0.2, 0) is 9.53 Å². The van der Waals surface area contributed by atoms with Crippen LogP contribution in [0.1, 0.15) is 6.92 Å². The molecular formula is C14H19Cl2NO2S. The number of thioether (sulfide) groups is 1. The van der Waals surface area contributed by atoms with Gasteiger partial charge in [0.25, 0.3) is 0 Å². The standard InChI is InChI=1S/C14H19Cl2NO2S/c1-10(14(18)19-3)9-17(2)6-7-20-13-8-11(15)4-5-12(13)16/h4-5,8,10H,6-7,9H2,1-3H3. The fourth-order valence-corrected chi connectivity index (χ4v) is 3.29. The second kappa shape index (κ2) is 8.78. The molecule has 0 aliphatic carbocycles. The number of carbonyl (C=O) groups is 1. The molecule has 0 aliphatic rings. The van der Waals surface area contributed by atoms with Gasteiger partial charge in [-0.25, -0.2) is 0 Å². The number of benzene rings is 1. The van der Waals surface area contributed by atoms with Crippen molar-refractivity contribution >= 4 is 40.9 Å². The number of ether oxygens (including phenoxy) is 1. The van der Waals surface area contributed by atoms with Crippen LogP contribution in [0.3, 0.4) is 0 Å². The van der Waals surface area contributed by atoms with Gasteiger partial charge in [-0.15, -0.1) is 11.8 Å². The molecule has 0 fully saturated rings. The number of halogens is 2. The van der Waals surface area contributed by atoms with Crippen LogP contribution in [0.5, 0.6) is 0 Å². The molecule has 0 radical (unpaired) electrons. The second-order valence-corrected chi connectivity index (χ2v) is 6.59. The van der Waals surface area contributed by atoms with Crippen LogP contribution in [0, 0.1) is 5.92 Å². The van der Waals surface area contributed by atoms with Gasteiger partial charge in [-0.2, -0.15) is 0 Å². The number of carbonyl (C=O) groups excluding carboxylic acids is 1. The Balaban J connectivity index is 2.36. The predicted octanol–water partition coefficient (Wildman–Crippen LogP) is 3.83. The smallest absolute Gasteiger partial charge is 0.309 e. The van der Waals surface area contributed by atoms with Gasteiger partial charge >= 0.3 is 5.97 Å². The molecule has 1 unspecified atom stereocenters. The fraction of sp³-hybridized carbons (Fsp3) is 0.500. The molecule has 0 aromatic heterocycles. The lowest BCUT2D eigenvalue weighted by molar-refractivity contribution is -0.145. The number of hydrogen-bond acceptors (Lipinski definition) is 4. The van der Waals surface area contributed by atoms with E-state index in [0.717, 1.165) is 17.2 Å². The first-order valence-electron chi connectivity index (χ1n) is 6.28. The molecule has 0 saturated carbocycles. The van der Waals surface area contributed by atoms with Crippen LogP contribution in [-0.4, -0.2) is 43.9 Å². The average Bonchev–Trinajstić information content (AvgIpc) is 2.41. The highest BCUT2D eigenvalue weighted by Gasteiger charge is 2.15. The molecule has 0 N–H and O–H groups in total. The van der Waals surface area contributed by atoms with Crippen LogP contribution in [0.25, 0.3) is 0 Å². The van der Waals surface area contributed by atoms with E-state index >= 15 is 0 Å². The van der Waals surface area contributed by atoms with Gasteiger partial charge in [0.15, 0.2) is 0 Å². The van der Waals surface area contributed by atoms with E-state index in [1.807, 2.05) is 20.0 Å². The monoisotopic (exact) mass is 335 g/mol. The molecule has 0 spiro atoms. The van der Waals surface area contributed by atoms with E-state index in [1.165, 1.54) is 7.11 Å². The summed E-state index contributed by atoms with van der Waals surface area (Å²) in [5.74, 6) is 0.580. The van der Waals surface area contributed by atoms with E-state index in [0.29, 0.717) is 16.6 Å².